The lowest BCUT2D eigenvalue weighted by Crippen LogP contribution is -2.45. The van der Waals surface area contributed by atoms with Crippen molar-refractivity contribution in [3.8, 4) is 0 Å². The van der Waals surface area contributed by atoms with Gasteiger partial charge in [0.25, 0.3) is 0 Å². The van der Waals surface area contributed by atoms with Crippen LogP contribution in [0.15, 0.2) is 0 Å². The predicted octanol–water partition coefficient (Wildman–Crippen LogP) is 0.837. The smallest absolute Gasteiger partial charge is 0.227 e. The van der Waals surface area contributed by atoms with E-state index in [0.717, 1.165) is 19.4 Å². The monoisotopic (exact) mass is 242 g/mol. The van der Waals surface area contributed by atoms with Crippen LogP contribution >= 0.6 is 0 Å². The van der Waals surface area contributed by atoms with E-state index in [4.69, 9.17) is 5.73 Å². The molecule has 3 atom stereocenters. The molecule has 3 N–H and O–H groups in total. The summed E-state index contributed by atoms with van der Waals surface area (Å²) in [4.78, 5) is 14.2. The Labute approximate surface area is 104 Å². The van der Waals surface area contributed by atoms with Crippen molar-refractivity contribution >= 4 is 5.91 Å². The molecule has 1 aliphatic rings. The van der Waals surface area contributed by atoms with Gasteiger partial charge >= 0.3 is 0 Å². The molecule has 1 aliphatic heterocycles. The van der Waals surface area contributed by atoms with Crippen LogP contribution in [0.1, 0.15) is 33.6 Å². The Morgan fingerprint density at radius 1 is 1.53 bits per heavy atom. The Balaban J connectivity index is 2.67. The van der Waals surface area contributed by atoms with Crippen molar-refractivity contribution in [2.75, 3.05) is 19.7 Å². The highest BCUT2D eigenvalue weighted by molar-refractivity contribution is 5.79. The lowest BCUT2D eigenvalue weighted by molar-refractivity contribution is -0.137. The average Bonchev–Trinajstić information content (AvgIpc) is 2.66. The molecule has 17 heavy (non-hydrogen) atoms. The molecule has 0 radical (unpaired) electrons. The summed E-state index contributed by atoms with van der Waals surface area (Å²) in [5.41, 5.74) is 5.70. The summed E-state index contributed by atoms with van der Waals surface area (Å²) >= 11 is 0. The number of nitrogens with two attached hydrogens (primary N) is 1. The van der Waals surface area contributed by atoms with Crippen molar-refractivity contribution in [2.24, 2.45) is 23.5 Å². The van der Waals surface area contributed by atoms with Crippen molar-refractivity contribution < 1.29 is 9.90 Å². The lowest BCUT2D eigenvalue weighted by atomic mass is 9.95. The molecule has 0 aromatic rings. The van der Waals surface area contributed by atoms with Crippen LogP contribution in [0.2, 0.25) is 0 Å². The number of amides is 1. The Hall–Kier alpha value is -0.610. The van der Waals surface area contributed by atoms with Crippen LogP contribution in [0.3, 0.4) is 0 Å². The van der Waals surface area contributed by atoms with Gasteiger partial charge in [0.05, 0.1) is 18.6 Å². The van der Waals surface area contributed by atoms with Gasteiger partial charge in [-0.1, -0.05) is 20.8 Å². The normalized spacial score (nSPS) is 26.6. The Morgan fingerprint density at radius 2 is 2.18 bits per heavy atom. The molecular weight excluding hydrogens is 216 g/mol. The number of nitrogens with zero attached hydrogens (tertiary/aromatic N) is 1. The molecule has 0 bridgehead atoms. The first-order valence-electron chi connectivity index (χ1n) is 6.62. The van der Waals surface area contributed by atoms with Gasteiger partial charge < -0.3 is 15.7 Å². The van der Waals surface area contributed by atoms with Crippen molar-refractivity contribution in [3.63, 3.8) is 0 Å². The molecule has 100 valence electrons. The van der Waals surface area contributed by atoms with Crippen molar-refractivity contribution in [2.45, 2.75) is 39.7 Å². The van der Waals surface area contributed by atoms with E-state index in [9.17, 15) is 9.90 Å². The summed E-state index contributed by atoms with van der Waals surface area (Å²) < 4.78 is 0. The first-order chi connectivity index (χ1) is 8.01. The molecule has 0 spiro atoms. The van der Waals surface area contributed by atoms with Gasteiger partial charge in [0.1, 0.15) is 0 Å². The minimum absolute atomic E-state index is 0.0105. The molecule has 1 rings (SSSR count). The van der Waals surface area contributed by atoms with Crippen LogP contribution in [0.4, 0.5) is 0 Å². The molecule has 0 saturated carbocycles. The minimum atomic E-state index is -0.0886. The van der Waals surface area contributed by atoms with E-state index in [-0.39, 0.29) is 24.5 Å². The third-order valence-electron chi connectivity index (χ3n) is 3.74. The molecule has 0 aromatic heterocycles. The fourth-order valence-electron chi connectivity index (χ4n) is 2.66. The average molecular weight is 242 g/mol. The fourth-order valence-corrected chi connectivity index (χ4v) is 2.66. The second-order valence-electron chi connectivity index (χ2n) is 5.61. The van der Waals surface area contributed by atoms with Crippen LogP contribution in [-0.2, 0) is 4.79 Å². The lowest BCUT2D eigenvalue weighted by Gasteiger charge is -2.29. The van der Waals surface area contributed by atoms with E-state index >= 15 is 0 Å². The van der Waals surface area contributed by atoms with Gasteiger partial charge in [0, 0.05) is 13.1 Å². The number of hydrogen-bond donors (Lipinski definition) is 2. The highest BCUT2D eigenvalue weighted by atomic mass is 16.3. The summed E-state index contributed by atoms with van der Waals surface area (Å²) in [7, 11) is 0. The molecule has 3 unspecified atom stereocenters. The van der Waals surface area contributed by atoms with Crippen molar-refractivity contribution in [1.29, 1.82) is 0 Å². The molecule has 0 aromatic carbocycles. The third-order valence-corrected chi connectivity index (χ3v) is 3.74. The van der Waals surface area contributed by atoms with Gasteiger partial charge in [0.15, 0.2) is 0 Å². The largest absolute Gasteiger partial charge is 0.394 e. The van der Waals surface area contributed by atoms with Gasteiger partial charge in [0.2, 0.25) is 5.91 Å². The molecule has 1 saturated heterocycles. The summed E-state index contributed by atoms with van der Waals surface area (Å²) in [5, 5.41) is 9.37. The van der Waals surface area contributed by atoms with Crippen LogP contribution < -0.4 is 5.73 Å². The Kier molecular flexibility index (Phi) is 5.40. The first kappa shape index (κ1) is 14.5. The molecule has 1 amide bonds. The van der Waals surface area contributed by atoms with Crippen LogP contribution in [-0.4, -0.2) is 41.7 Å². The van der Waals surface area contributed by atoms with E-state index in [1.54, 1.807) is 0 Å². The molecule has 1 heterocycles. The predicted molar refractivity (Wildman–Crippen MR) is 68.4 cm³/mol. The number of aliphatic hydroxyl groups excluding tert-OH is 1. The van der Waals surface area contributed by atoms with E-state index in [1.807, 2.05) is 4.90 Å². The summed E-state index contributed by atoms with van der Waals surface area (Å²) in [5.74, 6) is 0.903. The fraction of sp³-hybridized carbons (Fsp3) is 0.923. The standard InChI is InChI=1S/C13H26N2O2/c1-9(2)6-11(7-14)13(17)15-5-4-10(3)12(15)8-16/h9-12,16H,4-8,14H2,1-3H3. The first-order valence-corrected chi connectivity index (χ1v) is 6.62. The number of aliphatic hydroxyl groups is 1. The quantitative estimate of drug-likeness (QED) is 0.750. The molecule has 1 fully saturated rings. The van der Waals surface area contributed by atoms with Gasteiger partial charge in [-0.3, -0.25) is 4.79 Å². The molecular formula is C13H26N2O2. The zero-order chi connectivity index (χ0) is 13.0. The topological polar surface area (TPSA) is 66.6 Å². The van der Waals surface area contributed by atoms with Crippen molar-refractivity contribution in [1.82, 2.24) is 4.90 Å². The van der Waals surface area contributed by atoms with E-state index in [2.05, 4.69) is 20.8 Å². The van der Waals surface area contributed by atoms with E-state index in [0.29, 0.717) is 18.4 Å². The van der Waals surface area contributed by atoms with Gasteiger partial charge in [-0.15, -0.1) is 0 Å². The third kappa shape index (κ3) is 3.42. The number of likely N-dealkylation sites (tertiary alicyclic amines) is 1. The maximum atomic E-state index is 12.4. The van der Waals surface area contributed by atoms with Gasteiger partial charge in [-0.25, -0.2) is 0 Å². The maximum absolute atomic E-state index is 12.4. The second-order valence-corrected chi connectivity index (χ2v) is 5.61. The number of hydrogen-bond acceptors (Lipinski definition) is 3. The van der Waals surface area contributed by atoms with Crippen LogP contribution in [0.25, 0.3) is 0 Å². The SMILES string of the molecule is CC(C)CC(CN)C(=O)N1CCC(C)C1CO. The van der Waals surface area contributed by atoms with Crippen molar-refractivity contribution in [3.05, 3.63) is 0 Å². The van der Waals surface area contributed by atoms with E-state index < -0.39 is 0 Å². The number of carbonyl (C=O) groups is 1. The second kappa shape index (κ2) is 6.36. The molecule has 0 aliphatic carbocycles. The maximum Gasteiger partial charge on any atom is 0.227 e. The summed E-state index contributed by atoms with van der Waals surface area (Å²) in [6.45, 7) is 7.53. The van der Waals surface area contributed by atoms with Gasteiger partial charge in [-0.2, -0.15) is 0 Å². The Morgan fingerprint density at radius 3 is 2.65 bits per heavy atom. The highest BCUT2D eigenvalue weighted by Gasteiger charge is 2.36. The zero-order valence-corrected chi connectivity index (χ0v) is 11.2. The molecule has 4 heteroatoms. The minimum Gasteiger partial charge on any atom is -0.394 e. The molecule has 4 nitrogen and oxygen atoms in total. The summed E-state index contributed by atoms with van der Waals surface area (Å²) in [6, 6.07) is -0.0105. The van der Waals surface area contributed by atoms with Crippen LogP contribution in [0.5, 0.6) is 0 Å². The van der Waals surface area contributed by atoms with Crippen LogP contribution in [0, 0.1) is 17.8 Å². The highest BCUT2D eigenvalue weighted by Crippen LogP contribution is 2.26. The van der Waals surface area contributed by atoms with E-state index in [1.165, 1.54) is 0 Å². The number of carbonyl (C=O) groups excluding carboxylic acids is 1. The number of rotatable bonds is 5. The summed E-state index contributed by atoms with van der Waals surface area (Å²) in [6.07, 6.45) is 1.81. The van der Waals surface area contributed by atoms with Gasteiger partial charge in [-0.05, 0) is 24.7 Å². The zero-order valence-electron chi connectivity index (χ0n) is 11.2. The Bertz CT molecular complexity index is 256.